The van der Waals surface area contributed by atoms with Crippen LogP contribution in [0.4, 0.5) is 0 Å². The molecule has 0 heterocycles. The van der Waals surface area contributed by atoms with Gasteiger partial charge in [-0.1, -0.05) is 55.4 Å². The lowest BCUT2D eigenvalue weighted by molar-refractivity contribution is -0.142. The fourth-order valence-electron chi connectivity index (χ4n) is 2.90. The van der Waals surface area contributed by atoms with Crippen molar-refractivity contribution >= 4 is 11.9 Å². The van der Waals surface area contributed by atoms with Crippen molar-refractivity contribution in [3.05, 3.63) is 12.2 Å². The average Bonchev–Trinajstić information content (AvgIpc) is 2.43. The molecule has 0 aliphatic heterocycles. The van der Waals surface area contributed by atoms with Crippen LogP contribution < -0.4 is 0 Å². The van der Waals surface area contributed by atoms with Gasteiger partial charge in [-0.25, -0.2) is 9.59 Å². The Labute approximate surface area is 148 Å². The van der Waals surface area contributed by atoms with E-state index in [1.54, 1.807) is 0 Å². The molecule has 0 aromatic heterocycles. The molecule has 0 aliphatic rings. The molecule has 24 heavy (non-hydrogen) atoms. The van der Waals surface area contributed by atoms with Gasteiger partial charge in [0.15, 0.2) is 0 Å². The zero-order valence-corrected chi connectivity index (χ0v) is 16.7. The first-order valence-electron chi connectivity index (χ1n) is 9.07. The van der Waals surface area contributed by atoms with E-state index in [4.69, 9.17) is 9.47 Å². The second kappa shape index (κ2) is 11.3. The summed E-state index contributed by atoms with van der Waals surface area (Å²) in [5.41, 5.74) is 0. The van der Waals surface area contributed by atoms with Crippen LogP contribution in [-0.2, 0) is 19.1 Å². The highest BCUT2D eigenvalue weighted by molar-refractivity contribution is 5.91. The van der Waals surface area contributed by atoms with Crippen LogP contribution in [0.15, 0.2) is 12.2 Å². The van der Waals surface area contributed by atoms with E-state index in [1.807, 2.05) is 0 Å². The summed E-state index contributed by atoms with van der Waals surface area (Å²) in [6.45, 7) is 17.7. The SMILES string of the molecule is CC(C)C(COC(=O)/C=C/C(=O)OCC(C(C)C)C(C)C)C(C)C. The van der Waals surface area contributed by atoms with Gasteiger partial charge in [-0.2, -0.15) is 0 Å². The molecule has 0 bridgehead atoms. The number of ether oxygens (including phenoxy) is 2. The van der Waals surface area contributed by atoms with Gasteiger partial charge in [0.1, 0.15) is 0 Å². The van der Waals surface area contributed by atoms with Crippen LogP contribution in [0.1, 0.15) is 55.4 Å². The van der Waals surface area contributed by atoms with Crippen molar-refractivity contribution in [3.63, 3.8) is 0 Å². The third-order valence-electron chi connectivity index (χ3n) is 4.62. The Morgan fingerprint density at radius 1 is 0.625 bits per heavy atom. The number of hydrogen-bond acceptors (Lipinski definition) is 4. The second-order valence-corrected chi connectivity index (χ2v) is 7.90. The summed E-state index contributed by atoms with van der Waals surface area (Å²) in [4.78, 5) is 23.5. The highest BCUT2D eigenvalue weighted by Crippen LogP contribution is 2.21. The Kier molecular flexibility index (Phi) is 10.7. The highest BCUT2D eigenvalue weighted by atomic mass is 16.5. The van der Waals surface area contributed by atoms with Crippen LogP contribution in [0.2, 0.25) is 0 Å². The first-order chi connectivity index (χ1) is 11.1. The van der Waals surface area contributed by atoms with Crippen molar-refractivity contribution in [1.82, 2.24) is 0 Å². The Bertz CT molecular complexity index is 354. The van der Waals surface area contributed by atoms with Crippen LogP contribution in [0.5, 0.6) is 0 Å². The fourth-order valence-corrected chi connectivity index (χ4v) is 2.90. The van der Waals surface area contributed by atoms with E-state index in [-0.39, 0.29) is 0 Å². The maximum atomic E-state index is 11.7. The highest BCUT2D eigenvalue weighted by Gasteiger charge is 2.20. The summed E-state index contributed by atoms with van der Waals surface area (Å²) < 4.78 is 10.5. The van der Waals surface area contributed by atoms with E-state index >= 15 is 0 Å². The zero-order valence-electron chi connectivity index (χ0n) is 16.7. The summed E-state index contributed by atoms with van der Waals surface area (Å²) in [5.74, 6) is 1.39. The number of rotatable bonds is 10. The Morgan fingerprint density at radius 2 is 0.875 bits per heavy atom. The van der Waals surface area contributed by atoms with E-state index in [0.717, 1.165) is 12.2 Å². The second-order valence-electron chi connectivity index (χ2n) is 7.90. The first-order valence-corrected chi connectivity index (χ1v) is 9.07. The minimum Gasteiger partial charge on any atom is -0.462 e. The van der Waals surface area contributed by atoms with Crippen LogP contribution in [0.25, 0.3) is 0 Å². The standard InChI is InChI=1S/C20H36O4/c1-13(2)17(14(3)4)11-23-19(21)9-10-20(22)24-12-18(15(5)6)16(7)8/h9-10,13-18H,11-12H2,1-8H3/b10-9+. The minimum absolute atomic E-state index is 0.312. The third-order valence-corrected chi connectivity index (χ3v) is 4.62. The Balaban J connectivity index is 4.32. The Hall–Kier alpha value is -1.32. The van der Waals surface area contributed by atoms with Gasteiger partial charge in [0, 0.05) is 12.2 Å². The van der Waals surface area contributed by atoms with Crippen molar-refractivity contribution in [2.24, 2.45) is 35.5 Å². The van der Waals surface area contributed by atoms with Gasteiger partial charge in [0.05, 0.1) is 13.2 Å². The summed E-state index contributed by atoms with van der Waals surface area (Å²) in [6, 6.07) is 0. The zero-order chi connectivity index (χ0) is 18.9. The lowest BCUT2D eigenvalue weighted by Crippen LogP contribution is -2.23. The molecule has 0 amide bonds. The normalized spacial score (nSPS) is 12.4. The molecule has 0 fully saturated rings. The molecule has 4 nitrogen and oxygen atoms in total. The molecule has 0 aromatic carbocycles. The summed E-state index contributed by atoms with van der Waals surface area (Å²) >= 11 is 0. The molecule has 0 aliphatic carbocycles. The molecule has 0 rings (SSSR count). The molecule has 0 radical (unpaired) electrons. The molecule has 140 valence electrons. The van der Waals surface area contributed by atoms with Crippen molar-refractivity contribution in [3.8, 4) is 0 Å². The van der Waals surface area contributed by atoms with Crippen molar-refractivity contribution < 1.29 is 19.1 Å². The number of carbonyl (C=O) groups is 2. The van der Waals surface area contributed by atoms with E-state index in [0.29, 0.717) is 48.7 Å². The predicted octanol–water partition coefficient (Wildman–Crippen LogP) is 4.49. The van der Waals surface area contributed by atoms with Crippen molar-refractivity contribution in [2.45, 2.75) is 55.4 Å². The van der Waals surface area contributed by atoms with Crippen LogP contribution in [-0.4, -0.2) is 25.2 Å². The number of carbonyl (C=O) groups excluding carboxylic acids is 2. The monoisotopic (exact) mass is 340 g/mol. The first kappa shape index (κ1) is 22.7. The maximum absolute atomic E-state index is 11.7. The summed E-state index contributed by atoms with van der Waals surface area (Å²) in [5, 5.41) is 0. The van der Waals surface area contributed by atoms with Gasteiger partial charge < -0.3 is 9.47 Å². The quantitative estimate of drug-likeness (QED) is 0.434. The van der Waals surface area contributed by atoms with Gasteiger partial charge in [0.25, 0.3) is 0 Å². The fraction of sp³-hybridized carbons (Fsp3) is 0.800. The summed E-state index contributed by atoms with van der Waals surface area (Å²) in [6.07, 6.45) is 2.31. The average molecular weight is 341 g/mol. The lowest BCUT2D eigenvalue weighted by Gasteiger charge is -2.24. The van der Waals surface area contributed by atoms with Gasteiger partial charge in [-0.3, -0.25) is 0 Å². The predicted molar refractivity (Wildman–Crippen MR) is 97.4 cm³/mol. The Morgan fingerprint density at radius 3 is 1.08 bits per heavy atom. The minimum atomic E-state index is -0.498. The van der Waals surface area contributed by atoms with E-state index < -0.39 is 11.9 Å². The molecule has 0 spiro atoms. The topological polar surface area (TPSA) is 52.6 Å². The lowest BCUT2D eigenvalue weighted by atomic mass is 9.86. The molecule has 0 aromatic rings. The molecule has 0 N–H and O–H groups in total. The van der Waals surface area contributed by atoms with E-state index in [1.165, 1.54) is 0 Å². The van der Waals surface area contributed by atoms with Gasteiger partial charge in [-0.15, -0.1) is 0 Å². The largest absolute Gasteiger partial charge is 0.462 e. The molecule has 0 atom stereocenters. The van der Waals surface area contributed by atoms with Crippen molar-refractivity contribution in [2.75, 3.05) is 13.2 Å². The molecular formula is C20H36O4. The van der Waals surface area contributed by atoms with Crippen LogP contribution in [0, 0.1) is 35.5 Å². The number of esters is 2. The van der Waals surface area contributed by atoms with Crippen LogP contribution in [0.3, 0.4) is 0 Å². The molecule has 0 saturated carbocycles. The van der Waals surface area contributed by atoms with Crippen molar-refractivity contribution in [1.29, 1.82) is 0 Å². The molecule has 4 heteroatoms. The maximum Gasteiger partial charge on any atom is 0.331 e. The molecular weight excluding hydrogens is 304 g/mol. The number of hydrogen-bond donors (Lipinski definition) is 0. The van der Waals surface area contributed by atoms with E-state index in [2.05, 4.69) is 55.4 Å². The summed E-state index contributed by atoms with van der Waals surface area (Å²) in [7, 11) is 0. The van der Waals surface area contributed by atoms with E-state index in [9.17, 15) is 9.59 Å². The molecule has 0 saturated heterocycles. The van der Waals surface area contributed by atoms with Gasteiger partial charge in [0.2, 0.25) is 0 Å². The van der Waals surface area contributed by atoms with Crippen LogP contribution >= 0.6 is 0 Å². The molecule has 0 unspecified atom stereocenters. The van der Waals surface area contributed by atoms with Gasteiger partial charge >= 0.3 is 11.9 Å². The smallest absolute Gasteiger partial charge is 0.331 e. The van der Waals surface area contributed by atoms with Gasteiger partial charge in [-0.05, 0) is 35.5 Å². The third kappa shape index (κ3) is 9.09.